The molecule has 0 amide bonds. The van der Waals surface area contributed by atoms with Gasteiger partial charge in [0.25, 0.3) is 0 Å². The number of aryl methyl sites for hydroxylation is 1. The van der Waals surface area contributed by atoms with Crippen molar-refractivity contribution in [1.82, 2.24) is 9.97 Å². The summed E-state index contributed by atoms with van der Waals surface area (Å²) < 4.78 is 13.2. The van der Waals surface area contributed by atoms with Crippen molar-refractivity contribution in [2.75, 3.05) is 0 Å². The highest BCUT2D eigenvalue weighted by atomic mass is 19.1. The fourth-order valence-electron chi connectivity index (χ4n) is 2.70. The highest BCUT2D eigenvalue weighted by Gasteiger charge is 2.17. The Hall–Kier alpha value is -1.81. The van der Waals surface area contributed by atoms with E-state index < -0.39 is 0 Å². The summed E-state index contributed by atoms with van der Waals surface area (Å²) in [5.74, 6) is 0.516. The largest absolute Gasteiger partial charge is 0.324 e. The maximum Gasteiger partial charge on any atom is 0.132 e. The average molecular weight is 271 g/mol. The first-order valence-corrected chi connectivity index (χ1v) is 7.07. The first-order valence-electron chi connectivity index (χ1n) is 7.07. The number of benzene rings is 1. The van der Waals surface area contributed by atoms with E-state index in [-0.39, 0.29) is 11.9 Å². The Morgan fingerprint density at radius 1 is 1.30 bits per heavy atom. The number of rotatable bonds is 2. The van der Waals surface area contributed by atoms with Gasteiger partial charge >= 0.3 is 0 Å². The van der Waals surface area contributed by atoms with E-state index in [0.717, 1.165) is 48.3 Å². The number of halogens is 1. The van der Waals surface area contributed by atoms with Crippen LogP contribution in [0.5, 0.6) is 0 Å². The average Bonchev–Trinajstić information content (AvgIpc) is 2.61. The molecule has 0 radical (unpaired) electrons. The fraction of sp³-hybridized carbons (Fsp3) is 0.375. The molecule has 2 aromatic rings. The lowest BCUT2D eigenvalue weighted by Gasteiger charge is -2.12. The van der Waals surface area contributed by atoms with E-state index in [0.29, 0.717) is 6.42 Å². The summed E-state index contributed by atoms with van der Waals surface area (Å²) in [6, 6.07) is 6.63. The Kier molecular flexibility index (Phi) is 3.74. The first kappa shape index (κ1) is 13.2. The second-order valence-electron chi connectivity index (χ2n) is 5.35. The zero-order valence-electron chi connectivity index (χ0n) is 11.3. The molecule has 1 unspecified atom stereocenters. The number of aromatic nitrogens is 2. The van der Waals surface area contributed by atoms with Crippen LogP contribution in [0.2, 0.25) is 0 Å². The third kappa shape index (κ3) is 2.85. The van der Waals surface area contributed by atoms with Crippen molar-refractivity contribution in [3.8, 4) is 0 Å². The van der Waals surface area contributed by atoms with Crippen molar-refractivity contribution in [1.29, 1.82) is 0 Å². The predicted molar refractivity (Wildman–Crippen MR) is 75.7 cm³/mol. The summed E-state index contributed by atoms with van der Waals surface area (Å²) >= 11 is 0. The molecule has 20 heavy (non-hydrogen) atoms. The molecule has 0 fully saturated rings. The maximum atomic E-state index is 13.2. The quantitative estimate of drug-likeness (QED) is 0.854. The Balaban J connectivity index is 1.86. The minimum atomic E-state index is -0.223. The molecule has 4 heteroatoms. The Bertz CT molecular complexity index is 612. The van der Waals surface area contributed by atoms with Gasteiger partial charge in [-0.15, -0.1) is 0 Å². The molecule has 1 aromatic carbocycles. The van der Waals surface area contributed by atoms with Crippen LogP contribution in [0.1, 0.15) is 47.9 Å². The van der Waals surface area contributed by atoms with Gasteiger partial charge in [-0.05, 0) is 37.0 Å². The first-order chi connectivity index (χ1) is 9.72. The molecule has 2 N–H and O–H groups in total. The van der Waals surface area contributed by atoms with Crippen molar-refractivity contribution in [3.63, 3.8) is 0 Å². The van der Waals surface area contributed by atoms with Gasteiger partial charge in [0.15, 0.2) is 0 Å². The van der Waals surface area contributed by atoms with E-state index in [1.165, 1.54) is 12.1 Å². The van der Waals surface area contributed by atoms with Crippen molar-refractivity contribution in [3.05, 3.63) is 58.9 Å². The van der Waals surface area contributed by atoms with E-state index >= 15 is 0 Å². The molecule has 1 aliphatic carbocycles. The Morgan fingerprint density at radius 2 is 2.20 bits per heavy atom. The predicted octanol–water partition coefficient (Wildman–Crippen LogP) is 2.93. The molecular formula is C16H18FN3. The Labute approximate surface area is 118 Å². The smallest absolute Gasteiger partial charge is 0.132 e. The van der Waals surface area contributed by atoms with Crippen LogP contribution in [-0.4, -0.2) is 9.97 Å². The SMILES string of the molecule is NC1CCCCc2nc(Cc3cccc(F)c3)ncc21. The van der Waals surface area contributed by atoms with Crippen molar-refractivity contribution in [2.45, 2.75) is 38.1 Å². The van der Waals surface area contributed by atoms with Crippen LogP contribution in [0.25, 0.3) is 0 Å². The lowest BCUT2D eigenvalue weighted by Crippen LogP contribution is -2.13. The van der Waals surface area contributed by atoms with Crippen LogP contribution in [0.4, 0.5) is 4.39 Å². The van der Waals surface area contributed by atoms with Gasteiger partial charge in [0, 0.05) is 29.9 Å². The number of hydrogen-bond acceptors (Lipinski definition) is 3. The van der Waals surface area contributed by atoms with Gasteiger partial charge in [0.2, 0.25) is 0 Å². The lowest BCUT2D eigenvalue weighted by atomic mass is 10.1. The molecule has 0 saturated heterocycles. The second-order valence-corrected chi connectivity index (χ2v) is 5.35. The van der Waals surface area contributed by atoms with Crippen molar-refractivity contribution >= 4 is 0 Å². The molecule has 3 rings (SSSR count). The third-order valence-electron chi connectivity index (χ3n) is 3.78. The number of nitrogens with two attached hydrogens (primary N) is 1. The standard InChI is InChI=1S/C16H18FN3/c17-12-5-3-4-11(8-12)9-16-19-10-13-14(18)6-1-2-7-15(13)20-16/h3-5,8,10,14H,1-2,6-7,9,18H2. The molecule has 1 atom stereocenters. The van der Waals surface area contributed by atoms with E-state index in [1.54, 1.807) is 6.07 Å². The highest BCUT2D eigenvalue weighted by molar-refractivity contribution is 5.25. The molecule has 1 heterocycles. The maximum absolute atomic E-state index is 13.2. The Morgan fingerprint density at radius 3 is 3.05 bits per heavy atom. The molecular weight excluding hydrogens is 253 g/mol. The fourth-order valence-corrected chi connectivity index (χ4v) is 2.70. The van der Waals surface area contributed by atoms with Gasteiger partial charge < -0.3 is 5.73 Å². The van der Waals surface area contributed by atoms with Gasteiger partial charge in [-0.25, -0.2) is 14.4 Å². The summed E-state index contributed by atoms with van der Waals surface area (Å²) in [6.45, 7) is 0. The molecule has 1 aliphatic rings. The molecule has 0 spiro atoms. The molecule has 0 aliphatic heterocycles. The van der Waals surface area contributed by atoms with Gasteiger partial charge in [0.05, 0.1) is 0 Å². The lowest BCUT2D eigenvalue weighted by molar-refractivity contribution is 0.614. The van der Waals surface area contributed by atoms with E-state index in [9.17, 15) is 4.39 Å². The zero-order valence-corrected chi connectivity index (χ0v) is 11.3. The monoisotopic (exact) mass is 271 g/mol. The van der Waals surface area contributed by atoms with Crippen LogP contribution in [0.3, 0.4) is 0 Å². The van der Waals surface area contributed by atoms with Gasteiger partial charge in [0.1, 0.15) is 11.6 Å². The van der Waals surface area contributed by atoms with Crippen LogP contribution < -0.4 is 5.73 Å². The van der Waals surface area contributed by atoms with E-state index in [4.69, 9.17) is 5.73 Å². The van der Waals surface area contributed by atoms with Crippen LogP contribution in [0, 0.1) is 5.82 Å². The van der Waals surface area contributed by atoms with Crippen LogP contribution in [-0.2, 0) is 12.8 Å². The van der Waals surface area contributed by atoms with Gasteiger partial charge in [-0.1, -0.05) is 18.6 Å². The minimum absolute atomic E-state index is 0.0516. The molecule has 0 bridgehead atoms. The van der Waals surface area contributed by atoms with E-state index in [1.807, 2.05) is 12.3 Å². The number of hydrogen-bond donors (Lipinski definition) is 1. The van der Waals surface area contributed by atoms with Crippen molar-refractivity contribution in [2.24, 2.45) is 5.73 Å². The number of fused-ring (bicyclic) bond motifs is 1. The van der Waals surface area contributed by atoms with Gasteiger partial charge in [-0.2, -0.15) is 0 Å². The topological polar surface area (TPSA) is 51.8 Å². The summed E-state index contributed by atoms with van der Waals surface area (Å²) in [4.78, 5) is 9.03. The van der Waals surface area contributed by atoms with E-state index in [2.05, 4.69) is 9.97 Å². The van der Waals surface area contributed by atoms with Crippen LogP contribution in [0.15, 0.2) is 30.5 Å². The summed E-state index contributed by atoms with van der Waals surface area (Å²) in [6.07, 6.45) is 6.63. The molecule has 3 nitrogen and oxygen atoms in total. The second kappa shape index (κ2) is 5.67. The highest BCUT2D eigenvalue weighted by Crippen LogP contribution is 2.25. The zero-order chi connectivity index (χ0) is 13.9. The van der Waals surface area contributed by atoms with Gasteiger partial charge in [-0.3, -0.25) is 0 Å². The third-order valence-corrected chi connectivity index (χ3v) is 3.78. The minimum Gasteiger partial charge on any atom is -0.324 e. The summed E-state index contributed by atoms with van der Waals surface area (Å²) in [5.41, 5.74) is 9.17. The summed E-state index contributed by atoms with van der Waals surface area (Å²) in [5, 5.41) is 0. The molecule has 104 valence electrons. The normalized spacial score (nSPS) is 18.4. The number of nitrogens with zero attached hydrogens (tertiary/aromatic N) is 2. The molecule has 0 saturated carbocycles. The van der Waals surface area contributed by atoms with Crippen molar-refractivity contribution < 1.29 is 4.39 Å². The summed E-state index contributed by atoms with van der Waals surface area (Å²) in [7, 11) is 0. The van der Waals surface area contributed by atoms with Crippen LogP contribution >= 0.6 is 0 Å². The molecule has 1 aromatic heterocycles.